The van der Waals surface area contributed by atoms with Gasteiger partial charge in [0, 0.05) is 72.7 Å². The van der Waals surface area contributed by atoms with Crippen molar-refractivity contribution >= 4 is 23.8 Å². The Kier molecular flexibility index (Phi) is 12.6. The number of carbonyl (C=O) groups is 4. The Morgan fingerprint density at radius 3 is 2.43 bits per heavy atom. The van der Waals surface area contributed by atoms with Gasteiger partial charge >= 0.3 is 6.09 Å². The molecule has 12 heteroatoms. The summed E-state index contributed by atoms with van der Waals surface area (Å²) in [7, 11) is 7.10. The molecule has 0 aliphatic carbocycles. The first-order valence-corrected chi connectivity index (χ1v) is 16.0. The standard InChI is InChI=1S/C32H54N6O6/c1-31(2,3)44-30(42)38-21-16-32(17-22-38)15-8-9-19-35(5)29(41)26(36(6)28(40)23-43-24-32)11-10-20-34(4)27(39)13-12-25-14-18-33-37(25)7/h14,18,26H,8-13,15-17,19-24H2,1-7H3/t26-/m0/s1. The number of likely N-dealkylation sites (tertiary alicyclic amines) is 1. The molecule has 2 aliphatic heterocycles. The molecule has 2 fully saturated rings. The Morgan fingerprint density at radius 2 is 1.80 bits per heavy atom. The van der Waals surface area contributed by atoms with Gasteiger partial charge in [-0.15, -0.1) is 0 Å². The van der Waals surface area contributed by atoms with Gasteiger partial charge in [0.1, 0.15) is 18.2 Å². The van der Waals surface area contributed by atoms with Crippen molar-refractivity contribution in [3.63, 3.8) is 0 Å². The molecule has 1 spiro atoms. The van der Waals surface area contributed by atoms with Crippen LogP contribution in [0.25, 0.3) is 0 Å². The number of rotatable bonds is 7. The molecular weight excluding hydrogens is 564 g/mol. The Balaban J connectivity index is 1.55. The summed E-state index contributed by atoms with van der Waals surface area (Å²) in [6.07, 6.45) is 7.72. The zero-order valence-corrected chi connectivity index (χ0v) is 28.0. The van der Waals surface area contributed by atoms with Crippen molar-refractivity contribution in [1.29, 1.82) is 0 Å². The molecule has 3 rings (SSSR count). The lowest BCUT2D eigenvalue weighted by Crippen LogP contribution is -2.50. The number of hydrogen-bond acceptors (Lipinski definition) is 7. The Bertz CT molecular complexity index is 1120. The molecule has 0 aromatic carbocycles. The minimum atomic E-state index is -0.624. The maximum absolute atomic E-state index is 13.5. The molecule has 1 atom stereocenters. The summed E-state index contributed by atoms with van der Waals surface area (Å²) in [5, 5.41) is 4.15. The van der Waals surface area contributed by atoms with E-state index >= 15 is 0 Å². The number of aromatic nitrogens is 2. The number of likely N-dealkylation sites (N-methyl/N-ethyl adjacent to an activating group) is 2. The van der Waals surface area contributed by atoms with E-state index < -0.39 is 11.6 Å². The van der Waals surface area contributed by atoms with Crippen molar-refractivity contribution < 1.29 is 28.7 Å². The van der Waals surface area contributed by atoms with Gasteiger partial charge in [0.2, 0.25) is 17.7 Å². The second-order valence-corrected chi connectivity index (χ2v) is 13.6. The third-order valence-corrected chi connectivity index (χ3v) is 9.00. The number of piperidine rings is 1. The van der Waals surface area contributed by atoms with Crippen LogP contribution in [0.2, 0.25) is 0 Å². The molecule has 0 saturated carbocycles. The summed E-state index contributed by atoms with van der Waals surface area (Å²) in [4.78, 5) is 58.8. The zero-order chi connectivity index (χ0) is 32.5. The molecular formula is C32H54N6O6. The monoisotopic (exact) mass is 618 g/mol. The summed E-state index contributed by atoms with van der Waals surface area (Å²) in [6, 6.07) is 1.29. The smallest absolute Gasteiger partial charge is 0.410 e. The number of nitrogens with zero attached hydrogens (tertiary/aromatic N) is 6. The van der Waals surface area contributed by atoms with Crippen LogP contribution >= 0.6 is 0 Å². The van der Waals surface area contributed by atoms with E-state index in [1.54, 1.807) is 46.7 Å². The van der Waals surface area contributed by atoms with Crippen LogP contribution in [0.1, 0.15) is 77.8 Å². The third kappa shape index (κ3) is 10.2. The van der Waals surface area contributed by atoms with E-state index in [1.165, 1.54) is 4.90 Å². The van der Waals surface area contributed by atoms with Crippen molar-refractivity contribution in [2.45, 2.75) is 90.2 Å². The van der Waals surface area contributed by atoms with Crippen molar-refractivity contribution in [1.82, 2.24) is 29.4 Å². The first-order chi connectivity index (χ1) is 20.7. The van der Waals surface area contributed by atoms with Crippen LogP contribution < -0.4 is 0 Å². The zero-order valence-electron chi connectivity index (χ0n) is 28.0. The van der Waals surface area contributed by atoms with Gasteiger partial charge in [0.25, 0.3) is 0 Å². The van der Waals surface area contributed by atoms with Gasteiger partial charge < -0.3 is 29.1 Å². The number of hydrogen-bond donors (Lipinski definition) is 0. The molecule has 0 radical (unpaired) electrons. The maximum Gasteiger partial charge on any atom is 0.410 e. The van der Waals surface area contributed by atoms with Crippen molar-refractivity contribution in [2.75, 3.05) is 60.5 Å². The lowest BCUT2D eigenvalue weighted by Gasteiger charge is -2.42. The lowest BCUT2D eigenvalue weighted by atomic mass is 9.75. The molecule has 0 bridgehead atoms. The predicted molar refractivity (Wildman–Crippen MR) is 167 cm³/mol. The van der Waals surface area contributed by atoms with Gasteiger partial charge in [-0.1, -0.05) is 6.42 Å². The SMILES string of the molecule is CN(CCC[C@H]1C(=O)N(C)CCCCC2(CCN(C(=O)OC(C)(C)C)CC2)COCC(=O)N1C)C(=O)CCc1ccnn1C. The summed E-state index contributed by atoms with van der Waals surface area (Å²) in [5.41, 5.74) is 0.341. The van der Waals surface area contributed by atoms with E-state index in [2.05, 4.69) is 5.10 Å². The summed E-state index contributed by atoms with van der Waals surface area (Å²) < 4.78 is 13.4. The highest BCUT2D eigenvalue weighted by atomic mass is 16.6. The molecule has 0 unspecified atom stereocenters. The largest absolute Gasteiger partial charge is 0.444 e. The topological polar surface area (TPSA) is 118 Å². The molecule has 4 amide bonds. The minimum Gasteiger partial charge on any atom is -0.444 e. The quantitative estimate of drug-likeness (QED) is 0.461. The summed E-state index contributed by atoms with van der Waals surface area (Å²) in [5.74, 6) is -0.295. The average molecular weight is 619 g/mol. The van der Waals surface area contributed by atoms with Gasteiger partial charge in [0.15, 0.2) is 0 Å². The van der Waals surface area contributed by atoms with Gasteiger partial charge in [-0.25, -0.2) is 4.79 Å². The number of amides is 4. The van der Waals surface area contributed by atoms with Gasteiger partial charge in [0.05, 0.1) is 6.61 Å². The second kappa shape index (κ2) is 15.7. The Labute approximate surface area is 263 Å². The fourth-order valence-corrected chi connectivity index (χ4v) is 6.00. The van der Waals surface area contributed by atoms with E-state index in [1.807, 2.05) is 33.9 Å². The molecule has 1 aromatic rings. The predicted octanol–water partition coefficient (Wildman–Crippen LogP) is 3.09. The van der Waals surface area contributed by atoms with E-state index in [4.69, 9.17) is 9.47 Å². The molecule has 12 nitrogen and oxygen atoms in total. The molecule has 2 aliphatic rings. The number of carbonyl (C=O) groups excluding carboxylic acids is 4. The highest BCUT2D eigenvalue weighted by molar-refractivity contribution is 5.88. The fraction of sp³-hybridized carbons (Fsp3) is 0.781. The van der Waals surface area contributed by atoms with Crippen LogP contribution in [-0.4, -0.2) is 125 Å². The van der Waals surface area contributed by atoms with Crippen molar-refractivity contribution in [3.05, 3.63) is 18.0 Å². The highest BCUT2D eigenvalue weighted by Crippen LogP contribution is 2.37. The normalized spacial score (nSPS) is 20.6. The average Bonchev–Trinajstić information content (AvgIpc) is 3.38. The second-order valence-electron chi connectivity index (χ2n) is 13.6. The van der Waals surface area contributed by atoms with Gasteiger partial charge in [-0.05, 0) is 77.2 Å². The molecule has 248 valence electrons. The lowest BCUT2D eigenvalue weighted by molar-refractivity contribution is -0.147. The minimum absolute atomic E-state index is 0.0354. The van der Waals surface area contributed by atoms with Crippen LogP contribution in [0.15, 0.2) is 12.3 Å². The Hall–Kier alpha value is -3.15. The van der Waals surface area contributed by atoms with E-state index in [9.17, 15) is 19.2 Å². The molecule has 3 heterocycles. The number of ether oxygens (including phenoxy) is 2. The van der Waals surface area contributed by atoms with Crippen LogP contribution in [0.4, 0.5) is 4.79 Å². The van der Waals surface area contributed by atoms with Gasteiger partial charge in [-0.3, -0.25) is 19.1 Å². The first kappa shape index (κ1) is 35.3. The summed E-state index contributed by atoms with van der Waals surface area (Å²) >= 11 is 0. The number of aryl methyl sites for hydroxylation is 2. The van der Waals surface area contributed by atoms with Gasteiger partial charge in [-0.2, -0.15) is 5.10 Å². The van der Waals surface area contributed by atoms with Crippen molar-refractivity contribution in [2.24, 2.45) is 12.5 Å². The molecule has 44 heavy (non-hydrogen) atoms. The fourth-order valence-electron chi connectivity index (χ4n) is 6.00. The Morgan fingerprint density at radius 1 is 1.09 bits per heavy atom. The highest BCUT2D eigenvalue weighted by Gasteiger charge is 2.38. The van der Waals surface area contributed by atoms with E-state index in [0.717, 1.165) is 37.8 Å². The molecule has 1 aromatic heterocycles. The van der Waals surface area contributed by atoms with E-state index in [0.29, 0.717) is 58.5 Å². The third-order valence-electron chi connectivity index (χ3n) is 9.00. The van der Waals surface area contributed by atoms with Crippen LogP contribution in [0.3, 0.4) is 0 Å². The van der Waals surface area contributed by atoms with Crippen molar-refractivity contribution in [3.8, 4) is 0 Å². The van der Waals surface area contributed by atoms with Crippen LogP contribution in [0, 0.1) is 5.41 Å². The van der Waals surface area contributed by atoms with Crippen LogP contribution in [0.5, 0.6) is 0 Å². The first-order valence-electron chi connectivity index (χ1n) is 16.0. The molecule has 0 N–H and O–H groups in total. The molecule has 2 saturated heterocycles. The maximum atomic E-state index is 13.5. The summed E-state index contributed by atoms with van der Waals surface area (Å²) in [6.45, 7) is 8.22. The van der Waals surface area contributed by atoms with E-state index in [-0.39, 0.29) is 35.8 Å². The van der Waals surface area contributed by atoms with Crippen LogP contribution in [-0.2, 0) is 37.3 Å².